The van der Waals surface area contributed by atoms with Crippen LogP contribution in [0.3, 0.4) is 0 Å². The maximum Gasteiger partial charge on any atom is 0.248 e. The first-order valence-electron chi connectivity index (χ1n) is 5.12. The lowest BCUT2D eigenvalue weighted by atomic mass is 9.81. The molecule has 1 saturated carbocycles. The average molecular weight is 200 g/mol. The van der Waals surface area contributed by atoms with Crippen LogP contribution < -0.4 is 0 Å². The first-order chi connectivity index (χ1) is 6.61. The molecule has 0 aromatic carbocycles. The third-order valence-electron chi connectivity index (χ3n) is 3.18. The minimum absolute atomic E-state index is 0.0155. The number of likely N-dealkylation sites (tertiary alicyclic amines) is 1. The minimum atomic E-state index is -2.42. The Morgan fingerprint density at radius 2 is 2.14 bits per heavy atom. The van der Waals surface area contributed by atoms with Crippen molar-refractivity contribution >= 4 is 0 Å². The zero-order valence-corrected chi connectivity index (χ0v) is 8.05. The summed E-state index contributed by atoms with van der Waals surface area (Å²) in [4.78, 5) is 2.06. The molecular formula is C10H14F2N2. The summed E-state index contributed by atoms with van der Waals surface area (Å²) in [7, 11) is 0. The van der Waals surface area contributed by atoms with E-state index in [1.54, 1.807) is 0 Å². The van der Waals surface area contributed by atoms with E-state index in [2.05, 4.69) is 11.0 Å². The van der Waals surface area contributed by atoms with Crippen LogP contribution in [-0.2, 0) is 0 Å². The maximum absolute atomic E-state index is 12.6. The van der Waals surface area contributed by atoms with E-state index in [9.17, 15) is 8.78 Å². The fourth-order valence-corrected chi connectivity index (χ4v) is 2.44. The van der Waals surface area contributed by atoms with Gasteiger partial charge in [-0.3, -0.25) is 4.90 Å². The van der Waals surface area contributed by atoms with Crippen molar-refractivity contribution in [1.29, 1.82) is 5.26 Å². The van der Waals surface area contributed by atoms with E-state index in [0.717, 1.165) is 19.4 Å². The second-order valence-corrected chi connectivity index (χ2v) is 4.41. The van der Waals surface area contributed by atoms with Crippen LogP contribution in [0.4, 0.5) is 8.78 Å². The quantitative estimate of drug-likeness (QED) is 0.681. The highest BCUT2D eigenvalue weighted by Crippen LogP contribution is 2.43. The lowest BCUT2D eigenvalue weighted by molar-refractivity contribution is -0.116. The summed E-state index contributed by atoms with van der Waals surface area (Å²) in [6.07, 6.45) is 1.96. The van der Waals surface area contributed by atoms with E-state index in [-0.39, 0.29) is 24.8 Å². The van der Waals surface area contributed by atoms with Crippen LogP contribution in [-0.4, -0.2) is 30.0 Å². The molecule has 0 spiro atoms. The lowest BCUT2D eigenvalue weighted by Crippen LogP contribution is -2.43. The smallest absolute Gasteiger partial charge is 0.248 e. The van der Waals surface area contributed by atoms with Crippen LogP contribution in [0.15, 0.2) is 0 Å². The predicted octanol–water partition coefficient (Wildman–Crippen LogP) is 2.02. The fourth-order valence-electron chi connectivity index (χ4n) is 2.44. The number of rotatable bonds is 2. The van der Waals surface area contributed by atoms with E-state index in [1.165, 1.54) is 0 Å². The van der Waals surface area contributed by atoms with Crippen molar-refractivity contribution in [3.05, 3.63) is 0 Å². The van der Waals surface area contributed by atoms with Gasteiger partial charge in [0.15, 0.2) is 0 Å². The monoisotopic (exact) mass is 200 g/mol. The van der Waals surface area contributed by atoms with Crippen LogP contribution in [0.1, 0.15) is 25.7 Å². The second-order valence-electron chi connectivity index (χ2n) is 4.41. The number of nitriles is 1. The Kier molecular flexibility index (Phi) is 2.44. The normalized spacial score (nSPS) is 32.5. The molecule has 2 fully saturated rings. The first-order valence-corrected chi connectivity index (χ1v) is 5.12. The number of hydrogen-bond donors (Lipinski definition) is 0. The Balaban J connectivity index is 1.79. The molecular weight excluding hydrogens is 186 g/mol. The van der Waals surface area contributed by atoms with E-state index in [4.69, 9.17) is 5.26 Å². The maximum atomic E-state index is 12.6. The Hall–Kier alpha value is -0.690. The Morgan fingerprint density at radius 3 is 2.71 bits per heavy atom. The SMILES string of the molecule is N#CC1CCCN1CC1CC(F)(F)C1. The molecule has 1 unspecified atom stereocenters. The molecule has 0 aromatic rings. The van der Waals surface area contributed by atoms with Gasteiger partial charge < -0.3 is 0 Å². The molecule has 78 valence electrons. The number of nitrogens with zero attached hydrogens (tertiary/aromatic N) is 2. The van der Waals surface area contributed by atoms with Crippen molar-refractivity contribution in [1.82, 2.24) is 4.90 Å². The highest BCUT2D eigenvalue weighted by molar-refractivity contribution is 4.98. The van der Waals surface area contributed by atoms with Crippen LogP contribution in [0, 0.1) is 17.2 Å². The van der Waals surface area contributed by atoms with Crippen molar-refractivity contribution < 1.29 is 8.78 Å². The molecule has 0 N–H and O–H groups in total. The Morgan fingerprint density at radius 1 is 1.43 bits per heavy atom. The molecule has 2 nitrogen and oxygen atoms in total. The van der Waals surface area contributed by atoms with Crippen LogP contribution in [0.2, 0.25) is 0 Å². The van der Waals surface area contributed by atoms with Crippen LogP contribution >= 0.6 is 0 Å². The predicted molar refractivity (Wildman–Crippen MR) is 47.9 cm³/mol. The van der Waals surface area contributed by atoms with Crippen molar-refractivity contribution in [2.45, 2.75) is 37.6 Å². The zero-order chi connectivity index (χ0) is 10.2. The summed E-state index contributed by atoms with van der Waals surface area (Å²) in [5, 5.41) is 8.80. The van der Waals surface area contributed by atoms with Crippen molar-refractivity contribution in [2.75, 3.05) is 13.1 Å². The van der Waals surface area contributed by atoms with Crippen LogP contribution in [0.25, 0.3) is 0 Å². The molecule has 1 heterocycles. The molecule has 2 rings (SSSR count). The number of hydrogen-bond acceptors (Lipinski definition) is 2. The fraction of sp³-hybridized carbons (Fsp3) is 0.900. The molecule has 1 saturated heterocycles. The minimum Gasteiger partial charge on any atom is -0.288 e. The van der Waals surface area contributed by atoms with Gasteiger partial charge in [-0.2, -0.15) is 5.26 Å². The van der Waals surface area contributed by atoms with Crippen molar-refractivity contribution in [2.24, 2.45) is 5.92 Å². The van der Waals surface area contributed by atoms with Crippen molar-refractivity contribution in [3.63, 3.8) is 0 Å². The molecule has 14 heavy (non-hydrogen) atoms. The molecule has 4 heteroatoms. The zero-order valence-electron chi connectivity index (χ0n) is 8.05. The molecule has 0 bridgehead atoms. The Labute approximate surface area is 82.5 Å². The van der Waals surface area contributed by atoms with Gasteiger partial charge in [0, 0.05) is 19.4 Å². The third kappa shape index (κ3) is 1.88. The van der Waals surface area contributed by atoms with Gasteiger partial charge in [0.25, 0.3) is 0 Å². The molecule has 0 amide bonds. The lowest BCUT2D eigenvalue weighted by Gasteiger charge is -2.37. The van der Waals surface area contributed by atoms with Gasteiger partial charge in [-0.1, -0.05) is 0 Å². The van der Waals surface area contributed by atoms with Gasteiger partial charge in [-0.15, -0.1) is 0 Å². The summed E-state index contributed by atoms with van der Waals surface area (Å²) in [6, 6.07) is 2.20. The summed E-state index contributed by atoms with van der Waals surface area (Å²) < 4.78 is 25.1. The van der Waals surface area contributed by atoms with Gasteiger partial charge in [0.2, 0.25) is 5.92 Å². The van der Waals surface area contributed by atoms with Crippen LogP contribution in [0.5, 0.6) is 0 Å². The summed E-state index contributed by atoms with van der Waals surface area (Å²) in [5.41, 5.74) is 0. The Bertz CT molecular complexity index is 251. The molecule has 0 radical (unpaired) electrons. The van der Waals surface area contributed by atoms with Gasteiger partial charge in [-0.25, -0.2) is 8.78 Å². The number of alkyl halides is 2. The molecule has 1 aliphatic heterocycles. The summed E-state index contributed by atoms with van der Waals surface area (Å²) >= 11 is 0. The molecule has 1 atom stereocenters. The average Bonchev–Trinajstić information content (AvgIpc) is 2.48. The molecule has 2 aliphatic rings. The van der Waals surface area contributed by atoms with Gasteiger partial charge in [-0.05, 0) is 25.3 Å². The standard InChI is InChI=1S/C10H14F2N2/c11-10(12)4-8(5-10)7-14-3-1-2-9(14)6-13/h8-9H,1-5,7H2. The first kappa shape index (κ1) is 9.85. The summed E-state index contributed by atoms with van der Waals surface area (Å²) in [5.74, 6) is -2.31. The van der Waals surface area contributed by atoms with Gasteiger partial charge in [0.1, 0.15) is 0 Å². The van der Waals surface area contributed by atoms with E-state index in [0.29, 0.717) is 6.54 Å². The molecule has 0 aromatic heterocycles. The molecule has 1 aliphatic carbocycles. The highest BCUT2D eigenvalue weighted by Gasteiger charge is 2.46. The van der Waals surface area contributed by atoms with Crippen molar-refractivity contribution in [3.8, 4) is 6.07 Å². The highest BCUT2D eigenvalue weighted by atomic mass is 19.3. The third-order valence-corrected chi connectivity index (χ3v) is 3.18. The van der Waals surface area contributed by atoms with E-state index >= 15 is 0 Å². The van der Waals surface area contributed by atoms with Gasteiger partial charge in [0.05, 0.1) is 12.1 Å². The van der Waals surface area contributed by atoms with Gasteiger partial charge >= 0.3 is 0 Å². The largest absolute Gasteiger partial charge is 0.288 e. The van der Waals surface area contributed by atoms with E-state index < -0.39 is 5.92 Å². The number of halogens is 2. The second kappa shape index (κ2) is 3.47. The van der Waals surface area contributed by atoms with E-state index in [1.807, 2.05) is 0 Å². The summed E-state index contributed by atoms with van der Waals surface area (Å²) in [6.45, 7) is 1.59. The topological polar surface area (TPSA) is 27.0 Å².